The van der Waals surface area contributed by atoms with E-state index in [4.69, 9.17) is 5.73 Å². The van der Waals surface area contributed by atoms with Crippen molar-refractivity contribution in [3.05, 3.63) is 53.7 Å². The molecular formula is C25H27F2N5O2. The van der Waals surface area contributed by atoms with Crippen molar-refractivity contribution in [3.8, 4) is 11.3 Å². The molecule has 3 aromatic rings. The smallest absolute Gasteiger partial charge is 0.260 e. The van der Waals surface area contributed by atoms with Crippen molar-refractivity contribution in [3.63, 3.8) is 0 Å². The summed E-state index contributed by atoms with van der Waals surface area (Å²) in [5.41, 5.74) is 8.72. The highest BCUT2D eigenvalue weighted by Gasteiger charge is 2.61. The fourth-order valence-electron chi connectivity index (χ4n) is 3.47. The van der Waals surface area contributed by atoms with Gasteiger partial charge in [-0.1, -0.05) is 20.8 Å². The minimum atomic E-state index is -2.95. The second-order valence-corrected chi connectivity index (χ2v) is 7.71. The van der Waals surface area contributed by atoms with Crippen LogP contribution in [0.4, 0.5) is 14.6 Å². The molecule has 9 heteroatoms. The minimum absolute atomic E-state index is 0.0411. The Morgan fingerprint density at radius 2 is 1.91 bits per heavy atom. The lowest BCUT2D eigenvalue weighted by Crippen LogP contribution is -2.18. The van der Waals surface area contributed by atoms with Crippen molar-refractivity contribution in [1.82, 2.24) is 15.0 Å². The molecule has 1 aliphatic carbocycles. The van der Waals surface area contributed by atoms with Gasteiger partial charge in [-0.2, -0.15) is 0 Å². The number of halogens is 2. The molecule has 1 amide bonds. The molecule has 1 fully saturated rings. The van der Waals surface area contributed by atoms with Gasteiger partial charge in [0.25, 0.3) is 5.92 Å². The first-order chi connectivity index (χ1) is 16.2. The molecule has 1 aliphatic rings. The van der Waals surface area contributed by atoms with E-state index in [1.165, 1.54) is 12.4 Å². The zero-order valence-corrected chi connectivity index (χ0v) is 19.5. The Hall–Kier alpha value is -3.75. The summed E-state index contributed by atoms with van der Waals surface area (Å²) in [4.78, 5) is 37.0. The molecule has 3 aromatic heterocycles. The maximum atomic E-state index is 13.2. The number of aromatic nitrogens is 3. The number of rotatable bonds is 6. The fourth-order valence-corrected chi connectivity index (χ4v) is 3.47. The van der Waals surface area contributed by atoms with Crippen LogP contribution in [0.15, 0.2) is 36.8 Å². The zero-order chi connectivity index (χ0) is 25.0. The van der Waals surface area contributed by atoms with Crippen LogP contribution in [0, 0.1) is 12.8 Å². The van der Waals surface area contributed by atoms with Gasteiger partial charge in [-0.3, -0.25) is 14.6 Å². The Balaban J connectivity index is 0.00000158. The number of hydrogen-bond acceptors (Lipinski definition) is 6. The van der Waals surface area contributed by atoms with Gasteiger partial charge in [-0.15, -0.1) is 0 Å². The van der Waals surface area contributed by atoms with Crippen molar-refractivity contribution >= 4 is 34.4 Å². The van der Waals surface area contributed by atoms with Gasteiger partial charge in [0.05, 0.1) is 11.4 Å². The molecule has 7 nitrogen and oxygen atoms in total. The Morgan fingerprint density at radius 3 is 2.50 bits per heavy atom. The number of nitrogens with zero attached hydrogens (tertiary/aromatic N) is 3. The summed E-state index contributed by atoms with van der Waals surface area (Å²) in [6, 6.07) is 5.12. The monoisotopic (exact) mass is 467 g/mol. The molecule has 0 spiro atoms. The van der Waals surface area contributed by atoms with Crippen molar-refractivity contribution in [1.29, 1.82) is 0 Å². The Labute approximate surface area is 196 Å². The quantitative estimate of drug-likeness (QED) is 0.486. The van der Waals surface area contributed by atoms with Crippen LogP contribution in [-0.4, -0.2) is 32.6 Å². The number of aryl methyl sites for hydroxylation is 1. The van der Waals surface area contributed by atoms with E-state index < -0.39 is 24.2 Å². The topological polar surface area (TPSA) is 111 Å². The first kappa shape index (κ1) is 24.9. The fraction of sp³-hybridized carbons (Fsp3) is 0.320. The second kappa shape index (κ2) is 10.0. The lowest BCUT2D eigenvalue weighted by atomic mass is 10.0. The van der Waals surface area contributed by atoms with Crippen LogP contribution in [-0.2, 0) is 4.79 Å². The Kier molecular flexibility index (Phi) is 7.34. The summed E-state index contributed by atoms with van der Waals surface area (Å²) in [6.45, 7) is 7.65. The number of carbonyl (C=O) groups is 2. The number of pyridine rings is 3. The molecule has 34 heavy (non-hydrogen) atoms. The largest absolute Gasteiger partial charge is 0.405 e. The summed E-state index contributed by atoms with van der Waals surface area (Å²) >= 11 is 0. The molecule has 0 aliphatic heterocycles. The van der Waals surface area contributed by atoms with Crippen LogP contribution in [0.5, 0.6) is 0 Å². The van der Waals surface area contributed by atoms with Gasteiger partial charge in [0.2, 0.25) is 5.91 Å². The van der Waals surface area contributed by atoms with Gasteiger partial charge < -0.3 is 11.1 Å². The number of nitrogens with one attached hydrogen (secondary N) is 1. The van der Waals surface area contributed by atoms with E-state index in [1.54, 1.807) is 31.3 Å². The van der Waals surface area contributed by atoms with E-state index in [0.29, 0.717) is 34.3 Å². The van der Waals surface area contributed by atoms with Gasteiger partial charge in [-0.25, -0.2) is 18.7 Å². The minimum Gasteiger partial charge on any atom is -0.405 e. The molecule has 0 aromatic carbocycles. The predicted octanol–water partition coefficient (Wildman–Crippen LogP) is 5.14. The average molecular weight is 468 g/mol. The standard InChI is InChI=1S/C23H21F2N5O2.C2H6/c1-3-20(31)19-6-12(2)15(11-27-19)18-7-13-10-28-21(8-14(13)17(29-18)4-5-26)30-22(32)16-9-23(16,24)25;1-2/h4-8,10-11,16H,3,9,26H2,1-2H3,(H,28,30,32);1-2H3/b5-4-;. The number of nitrogens with two attached hydrogens (primary N) is 1. The highest BCUT2D eigenvalue weighted by molar-refractivity contribution is 5.98. The molecule has 0 saturated heterocycles. The Bertz CT molecular complexity index is 1270. The van der Waals surface area contributed by atoms with Gasteiger partial charge in [0.1, 0.15) is 17.4 Å². The maximum Gasteiger partial charge on any atom is 0.260 e. The number of hydrogen-bond donors (Lipinski definition) is 2. The van der Waals surface area contributed by atoms with E-state index in [9.17, 15) is 18.4 Å². The lowest BCUT2D eigenvalue weighted by molar-refractivity contribution is -0.119. The van der Waals surface area contributed by atoms with Crippen LogP contribution in [0.25, 0.3) is 28.1 Å². The first-order valence-corrected chi connectivity index (χ1v) is 11.1. The van der Waals surface area contributed by atoms with Gasteiger partial charge >= 0.3 is 0 Å². The van der Waals surface area contributed by atoms with Gasteiger partial charge in [-0.05, 0) is 43.0 Å². The average Bonchev–Trinajstić information content (AvgIpc) is 3.48. The summed E-state index contributed by atoms with van der Waals surface area (Å²) in [5.74, 6) is -4.91. The number of ketones is 1. The first-order valence-electron chi connectivity index (χ1n) is 11.1. The van der Waals surface area contributed by atoms with Crippen molar-refractivity contribution < 1.29 is 18.4 Å². The number of carbonyl (C=O) groups excluding carboxylic acids is 2. The summed E-state index contributed by atoms with van der Waals surface area (Å²) in [5, 5.41) is 3.80. The molecule has 1 unspecified atom stereocenters. The molecule has 0 bridgehead atoms. The van der Waals surface area contributed by atoms with E-state index in [0.717, 1.165) is 11.1 Å². The third kappa shape index (κ3) is 5.08. The molecule has 0 radical (unpaired) electrons. The molecule has 3 heterocycles. The van der Waals surface area contributed by atoms with Crippen LogP contribution < -0.4 is 11.1 Å². The third-order valence-corrected chi connectivity index (χ3v) is 5.39. The molecule has 3 N–H and O–H groups in total. The number of amides is 1. The third-order valence-electron chi connectivity index (χ3n) is 5.39. The zero-order valence-electron chi connectivity index (χ0n) is 19.5. The number of fused-ring (bicyclic) bond motifs is 1. The second-order valence-electron chi connectivity index (χ2n) is 7.71. The number of anilines is 1. The van der Waals surface area contributed by atoms with Crippen LogP contribution in [0.3, 0.4) is 0 Å². The van der Waals surface area contributed by atoms with Crippen LogP contribution >= 0.6 is 0 Å². The molecule has 1 saturated carbocycles. The molecule has 4 rings (SSSR count). The van der Waals surface area contributed by atoms with E-state index in [-0.39, 0.29) is 11.6 Å². The highest BCUT2D eigenvalue weighted by Crippen LogP contribution is 2.49. The number of alkyl halides is 2. The predicted molar refractivity (Wildman–Crippen MR) is 128 cm³/mol. The van der Waals surface area contributed by atoms with Crippen molar-refractivity contribution in [2.45, 2.75) is 46.5 Å². The summed E-state index contributed by atoms with van der Waals surface area (Å²) in [6.07, 6.45) is 6.00. The van der Waals surface area contributed by atoms with E-state index in [1.807, 2.05) is 26.8 Å². The van der Waals surface area contributed by atoms with Crippen molar-refractivity contribution in [2.75, 3.05) is 5.32 Å². The van der Waals surface area contributed by atoms with Crippen molar-refractivity contribution in [2.24, 2.45) is 11.7 Å². The normalized spacial score (nSPS) is 16.1. The maximum absolute atomic E-state index is 13.2. The summed E-state index contributed by atoms with van der Waals surface area (Å²) < 4.78 is 26.3. The Morgan fingerprint density at radius 1 is 1.21 bits per heavy atom. The summed E-state index contributed by atoms with van der Waals surface area (Å²) in [7, 11) is 0. The SMILES string of the molecule is CC.CCC(=O)c1cc(C)c(-c2cc3cnc(NC(=O)C4CC4(F)F)cc3c(/C=C\N)n2)cn1. The van der Waals surface area contributed by atoms with E-state index >= 15 is 0 Å². The molecular weight excluding hydrogens is 440 g/mol. The number of Topliss-reactive ketones (excluding diaryl/α,β-unsaturated/α-hetero) is 1. The van der Waals surface area contributed by atoms with Crippen LogP contribution in [0.1, 0.15) is 55.4 Å². The lowest BCUT2D eigenvalue weighted by Gasteiger charge is -2.11. The van der Waals surface area contributed by atoms with Crippen LogP contribution in [0.2, 0.25) is 0 Å². The molecule has 1 atom stereocenters. The highest BCUT2D eigenvalue weighted by atomic mass is 19.3. The van der Waals surface area contributed by atoms with Gasteiger partial charge in [0.15, 0.2) is 5.78 Å². The van der Waals surface area contributed by atoms with E-state index in [2.05, 4.69) is 20.3 Å². The van der Waals surface area contributed by atoms with Gasteiger partial charge in [0, 0.05) is 41.6 Å². The molecule has 178 valence electrons.